The van der Waals surface area contributed by atoms with Gasteiger partial charge in [0.25, 0.3) is 22.7 Å². The van der Waals surface area contributed by atoms with Crippen LogP contribution in [0.3, 0.4) is 0 Å². The summed E-state index contributed by atoms with van der Waals surface area (Å²) in [6.07, 6.45) is 17.1. The Kier molecular flexibility index (Phi) is 18.4. The van der Waals surface area contributed by atoms with Gasteiger partial charge in [-0.2, -0.15) is 0 Å². The number of nitrogens with one attached hydrogen (secondary N) is 2. The van der Waals surface area contributed by atoms with Gasteiger partial charge >= 0.3 is 0 Å². The molecule has 0 aliphatic heterocycles. The zero-order valence-corrected chi connectivity index (χ0v) is 32.5. The molecule has 306 valence electrons. The maximum Gasteiger partial charge on any atom is 0.269 e. The van der Waals surface area contributed by atoms with E-state index < -0.39 is 19.7 Å². The van der Waals surface area contributed by atoms with Gasteiger partial charge in [-0.25, -0.2) is 9.98 Å². The van der Waals surface area contributed by atoms with Crippen molar-refractivity contribution in [3.63, 3.8) is 0 Å². The lowest BCUT2D eigenvalue weighted by Gasteiger charge is -2.11. The summed E-state index contributed by atoms with van der Waals surface area (Å²) in [6.45, 7) is 0. The molecule has 0 spiro atoms. The summed E-state index contributed by atoms with van der Waals surface area (Å²) in [5.41, 5.74) is 2.53. The second kappa shape index (κ2) is 24.1. The largest absolute Gasteiger partial charge is 0.344 e. The van der Waals surface area contributed by atoms with Crippen LogP contribution < -0.4 is 10.6 Å². The van der Waals surface area contributed by atoms with E-state index in [1.165, 1.54) is 99.9 Å². The van der Waals surface area contributed by atoms with E-state index in [4.69, 9.17) is 0 Å². The van der Waals surface area contributed by atoms with Crippen LogP contribution >= 0.6 is 0 Å². The molecule has 0 atom stereocenters. The highest BCUT2D eigenvalue weighted by molar-refractivity contribution is 5.97. The molecule has 0 aliphatic carbocycles. The molecule has 58 heavy (non-hydrogen) atoms. The summed E-state index contributed by atoms with van der Waals surface area (Å²) < 4.78 is 0. The van der Waals surface area contributed by atoms with Gasteiger partial charge in [-0.05, 0) is 61.4 Å². The van der Waals surface area contributed by atoms with E-state index in [-0.39, 0.29) is 22.7 Å². The molecule has 16 heteroatoms. The molecule has 16 nitrogen and oxygen atoms in total. The Bertz CT molecular complexity index is 1840. The van der Waals surface area contributed by atoms with Gasteiger partial charge < -0.3 is 10.6 Å². The monoisotopic (exact) mass is 794 g/mol. The van der Waals surface area contributed by atoms with Crippen molar-refractivity contribution in [3.8, 4) is 0 Å². The molecular weight excluding hydrogens is 745 g/mol. The van der Waals surface area contributed by atoms with Gasteiger partial charge in [0.2, 0.25) is 0 Å². The quantitative estimate of drug-likeness (QED) is 0.0212. The van der Waals surface area contributed by atoms with Crippen LogP contribution in [0.15, 0.2) is 107 Å². The lowest BCUT2D eigenvalue weighted by molar-refractivity contribution is -0.385. The normalized spacial score (nSPS) is 11.6. The van der Waals surface area contributed by atoms with Crippen LogP contribution in [-0.2, 0) is 0 Å². The summed E-state index contributed by atoms with van der Waals surface area (Å²) in [5, 5.41) is 50.6. The number of aliphatic imine (C=N–C) groups is 2. The van der Waals surface area contributed by atoms with Gasteiger partial charge in [-0.15, -0.1) is 0 Å². The van der Waals surface area contributed by atoms with E-state index in [0.29, 0.717) is 47.3 Å². The molecule has 0 saturated heterocycles. The first-order chi connectivity index (χ1) is 28.1. The summed E-state index contributed by atoms with van der Waals surface area (Å²) in [6, 6.07) is 24.4. The van der Waals surface area contributed by atoms with Crippen molar-refractivity contribution < 1.29 is 19.7 Å². The third-order valence-electron chi connectivity index (χ3n) is 9.46. The molecule has 2 N–H and O–H groups in total. The van der Waals surface area contributed by atoms with Gasteiger partial charge in [0, 0.05) is 72.7 Å². The van der Waals surface area contributed by atoms with Gasteiger partial charge in [0.05, 0.1) is 31.1 Å². The standard InChI is InChI=1S/C42H50N8O8/c51-47(52)37-25-17-33(18-26-37)43-41(44-34-19-27-38(28-20-34)48(53)54)15-13-11-9-7-5-3-1-2-4-6-8-10-12-14-16-42(45-35-21-29-39(30-22-35)49(55)56)46-36-23-31-40(32-24-36)50(57)58/h17-32H,1-16H2,(H,43,44)(H,45,46). The molecule has 0 unspecified atom stereocenters. The molecule has 0 amide bonds. The van der Waals surface area contributed by atoms with E-state index in [1.807, 2.05) is 0 Å². The fourth-order valence-electron chi connectivity index (χ4n) is 6.27. The highest BCUT2D eigenvalue weighted by atomic mass is 16.6. The van der Waals surface area contributed by atoms with E-state index in [1.54, 1.807) is 48.5 Å². The Hall–Kier alpha value is -6.58. The lowest BCUT2D eigenvalue weighted by Crippen LogP contribution is -2.11. The number of rotatable bonds is 25. The maximum atomic E-state index is 11.0. The number of nitrogens with zero attached hydrogens (tertiary/aromatic N) is 6. The lowest BCUT2D eigenvalue weighted by atomic mass is 10.0. The SMILES string of the molecule is O=[N+]([O-])c1ccc(/N=C(/CCCCCCCCCCCCCCCC/C(=N/c2ccc([N+](=O)[O-])cc2)Nc2ccc([N+](=O)[O-])cc2)Nc2ccc([N+](=O)[O-])cc2)cc1. The van der Waals surface area contributed by atoms with E-state index >= 15 is 0 Å². The number of benzene rings is 4. The van der Waals surface area contributed by atoms with Crippen molar-refractivity contribution in [1.29, 1.82) is 0 Å². The predicted molar refractivity (Wildman–Crippen MR) is 228 cm³/mol. The second-order valence-corrected chi connectivity index (χ2v) is 14.0. The molecule has 0 heterocycles. The fourth-order valence-corrected chi connectivity index (χ4v) is 6.27. The number of nitro benzene ring substituents is 4. The topological polar surface area (TPSA) is 221 Å². The van der Waals surface area contributed by atoms with Crippen molar-refractivity contribution in [2.75, 3.05) is 10.6 Å². The Morgan fingerprint density at radius 2 is 0.586 bits per heavy atom. The van der Waals surface area contributed by atoms with Gasteiger partial charge in [0.15, 0.2) is 0 Å². The number of hydrogen-bond donors (Lipinski definition) is 2. The zero-order valence-electron chi connectivity index (χ0n) is 32.5. The van der Waals surface area contributed by atoms with Crippen LogP contribution in [0.2, 0.25) is 0 Å². The minimum Gasteiger partial charge on any atom is -0.344 e. The summed E-state index contributed by atoms with van der Waals surface area (Å²) in [5.74, 6) is 1.38. The average molecular weight is 795 g/mol. The number of non-ortho nitro benzene ring substituents is 4. The number of anilines is 2. The summed E-state index contributed by atoms with van der Waals surface area (Å²) in [7, 11) is 0. The molecule has 4 rings (SSSR count). The first kappa shape index (κ1) is 44.1. The zero-order chi connectivity index (χ0) is 41.5. The van der Waals surface area contributed by atoms with Crippen LogP contribution in [0.1, 0.15) is 103 Å². The highest BCUT2D eigenvalue weighted by Crippen LogP contribution is 2.24. The van der Waals surface area contributed by atoms with Crippen molar-refractivity contribution >= 4 is 57.2 Å². The number of hydrogen-bond acceptors (Lipinski definition) is 10. The molecule has 0 radical (unpaired) electrons. The Balaban J connectivity index is 1.08. The second-order valence-electron chi connectivity index (χ2n) is 14.0. The molecule has 0 aromatic heterocycles. The smallest absolute Gasteiger partial charge is 0.269 e. The van der Waals surface area contributed by atoms with Crippen molar-refractivity contribution in [1.82, 2.24) is 0 Å². The molecule has 0 saturated carbocycles. The van der Waals surface area contributed by atoms with Gasteiger partial charge in [-0.3, -0.25) is 40.5 Å². The molecule has 4 aromatic carbocycles. The van der Waals surface area contributed by atoms with Crippen LogP contribution in [0.5, 0.6) is 0 Å². The van der Waals surface area contributed by atoms with Crippen LogP contribution in [0.25, 0.3) is 0 Å². The van der Waals surface area contributed by atoms with Crippen LogP contribution in [0.4, 0.5) is 45.5 Å². The first-order valence-electron chi connectivity index (χ1n) is 19.7. The van der Waals surface area contributed by atoms with Crippen LogP contribution in [-0.4, -0.2) is 31.4 Å². The molecule has 0 bridgehead atoms. The van der Waals surface area contributed by atoms with E-state index in [9.17, 15) is 40.5 Å². The molecule has 0 fully saturated rings. The third kappa shape index (κ3) is 16.3. The molecule has 4 aromatic rings. The first-order valence-corrected chi connectivity index (χ1v) is 19.7. The highest BCUT2D eigenvalue weighted by Gasteiger charge is 2.10. The minimum absolute atomic E-state index is 0.00266. The Labute approximate surface area is 337 Å². The van der Waals surface area contributed by atoms with E-state index in [0.717, 1.165) is 38.5 Å². The van der Waals surface area contributed by atoms with E-state index in [2.05, 4.69) is 20.6 Å². The number of unbranched alkanes of at least 4 members (excludes halogenated alkanes) is 13. The van der Waals surface area contributed by atoms with Gasteiger partial charge in [-0.1, -0.05) is 77.0 Å². The summed E-state index contributed by atoms with van der Waals surface area (Å²) in [4.78, 5) is 51.7. The molecule has 0 aliphatic rings. The van der Waals surface area contributed by atoms with Gasteiger partial charge in [0.1, 0.15) is 11.7 Å². The maximum absolute atomic E-state index is 11.0. The third-order valence-corrected chi connectivity index (χ3v) is 9.46. The molecular formula is C42H50N8O8. The Morgan fingerprint density at radius 3 is 0.828 bits per heavy atom. The summed E-state index contributed by atoms with van der Waals surface area (Å²) >= 11 is 0. The van der Waals surface area contributed by atoms with Crippen molar-refractivity contribution in [2.24, 2.45) is 9.98 Å². The average Bonchev–Trinajstić information content (AvgIpc) is 3.21. The number of nitro groups is 4. The number of amidine groups is 2. The minimum atomic E-state index is -0.452. The van der Waals surface area contributed by atoms with Crippen molar-refractivity contribution in [2.45, 2.75) is 103 Å². The van der Waals surface area contributed by atoms with Crippen LogP contribution in [0, 0.1) is 40.5 Å². The fraction of sp³-hybridized carbons (Fsp3) is 0.381. The predicted octanol–water partition coefficient (Wildman–Crippen LogP) is 12.5. The Morgan fingerprint density at radius 1 is 0.362 bits per heavy atom. The van der Waals surface area contributed by atoms with Crippen molar-refractivity contribution in [3.05, 3.63) is 138 Å².